The summed E-state index contributed by atoms with van der Waals surface area (Å²) in [6.45, 7) is 4.28. The first-order valence-electron chi connectivity index (χ1n) is 25.5. The minimum Gasteiger partial charge on any atom is -0.457 e. The van der Waals surface area contributed by atoms with Crippen molar-refractivity contribution in [2.75, 3.05) is 19.8 Å². The highest BCUT2D eigenvalue weighted by Crippen LogP contribution is 2.47. The maximum absolute atomic E-state index is 12.8. The normalized spacial score (nSPS) is 22.0. The molecule has 0 aromatic rings. The summed E-state index contributed by atoms with van der Waals surface area (Å²) in [5, 5.41) is 50.3. The van der Waals surface area contributed by atoms with Crippen molar-refractivity contribution in [1.29, 1.82) is 0 Å². The molecule has 0 heterocycles. The molecule has 1 saturated carbocycles. The number of allylic oxidation sites excluding steroid dienone is 2. The van der Waals surface area contributed by atoms with Gasteiger partial charge in [-0.2, -0.15) is 0 Å². The Hall–Kier alpha value is -0.920. The number of ether oxygens (including phenoxy) is 2. The fraction of sp³-hybridized carbons (Fsp3) is 0.939. The zero-order valence-corrected chi connectivity index (χ0v) is 40.3. The van der Waals surface area contributed by atoms with Crippen molar-refractivity contribution in [3.63, 3.8) is 0 Å². The number of hydrogen-bond donors (Lipinski definition) is 6. The van der Waals surface area contributed by atoms with Crippen molar-refractivity contribution in [3.8, 4) is 0 Å². The highest BCUT2D eigenvalue weighted by atomic mass is 31.2. The predicted molar refractivity (Wildman–Crippen MR) is 249 cm³/mol. The first kappa shape index (κ1) is 59.1. The Morgan fingerprint density at radius 1 is 0.500 bits per heavy atom. The van der Waals surface area contributed by atoms with E-state index in [4.69, 9.17) is 18.5 Å². The number of hydrogen-bond acceptors (Lipinski definition) is 11. The molecule has 0 aliphatic heterocycles. The van der Waals surface area contributed by atoms with Crippen LogP contribution in [0.2, 0.25) is 0 Å². The molecule has 1 fully saturated rings. The first-order chi connectivity index (χ1) is 30.0. The molecule has 0 spiro atoms. The molecule has 0 saturated heterocycles. The lowest BCUT2D eigenvalue weighted by molar-refractivity contribution is -0.220. The van der Waals surface area contributed by atoms with Crippen molar-refractivity contribution >= 4 is 13.8 Å². The summed E-state index contributed by atoms with van der Waals surface area (Å²) in [6.07, 6.45) is 32.8. The van der Waals surface area contributed by atoms with E-state index in [9.17, 15) is 39.8 Å². The quantitative estimate of drug-likeness (QED) is 0.0147. The van der Waals surface area contributed by atoms with Gasteiger partial charge in [-0.15, -0.1) is 0 Å². The van der Waals surface area contributed by atoms with Gasteiger partial charge in [-0.25, -0.2) is 4.57 Å². The second-order valence-corrected chi connectivity index (χ2v) is 19.4. The molecule has 6 atom stereocenters. The average molecular weight is 907 g/mol. The Kier molecular flexibility index (Phi) is 38.5. The predicted octanol–water partition coefficient (Wildman–Crippen LogP) is 11.1. The van der Waals surface area contributed by atoms with Gasteiger partial charge < -0.3 is 39.9 Å². The van der Waals surface area contributed by atoms with Gasteiger partial charge in [0.05, 0.1) is 13.2 Å². The molecule has 6 N–H and O–H groups in total. The Labute approximate surface area is 377 Å². The molecule has 1 rings (SSSR count). The Morgan fingerprint density at radius 3 is 1.27 bits per heavy atom. The average Bonchev–Trinajstić information content (AvgIpc) is 3.26. The zero-order valence-electron chi connectivity index (χ0n) is 39.4. The lowest BCUT2D eigenvalue weighted by Crippen LogP contribution is -2.64. The second kappa shape index (κ2) is 40.4. The number of esters is 1. The Morgan fingerprint density at radius 2 is 0.855 bits per heavy atom. The number of rotatable bonds is 44. The first-order valence-corrected chi connectivity index (χ1v) is 27.0. The summed E-state index contributed by atoms with van der Waals surface area (Å²) in [7, 11) is -5.02. The Balaban J connectivity index is 2.33. The third-order valence-corrected chi connectivity index (χ3v) is 13.1. The van der Waals surface area contributed by atoms with E-state index in [1.54, 1.807) is 0 Å². The highest BCUT2D eigenvalue weighted by molar-refractivity contribution is 7.47. The molecule has 0 aromatic heterocycles. The molecule has 368 valence electrons. The molecule has 0 radical (unpaired) electrons. The summed E-state index contributed by atoms with van der Waals surface area (Å²) < 4.78 is 34.3. The van der Waals surface area contributed by atoms with Crippen LogP contribution in [0.25, 0.3) is 0 Å². The van der Waals surface area contributed by atoms with Crippen molar-refractivity contribution in [2.24, 2.45) is 0 Å². The number of carbonyl (C=O) groups excluding carboxylic acids is 1. The summed E-state index contributed by atoms with van der Waals surface area (Å²) in [5.74, 6) is -0.474. The third kappa shape index (κ3) is 31.9. The summed E-state index contributed by atoms with van der Waals surface area (Å²) >= 11 is 0. The molecule has 1 aliphatic rings. The largest absolute Gasteiger partial charge is 0.472 e. The smallest absolute Gasteiger partial charge is 0.457 e. The van der Waals surface area contributed by atoms with Gasteiger partial charge in [-0.3, -0.25) is 13.8 Å². The minimum absolute atomic E-state index is 0.0752. The van der Waals surface area contributed by atoms with Crippen LogP contribution in [-0.4, -0.2) is 98.9 Å². The highest BCUT2D eigenvalue weighted by Gasteiger charge is 2.51. The summed E-state index contributed by atoms with van der Waals surface area (Å²) in [4.78, 5) is 23.2. The van der Waals surface area contributed by atoms with Gasteiger partial charge in [0, 0.05) is 13.0 Å². The lowest BCUT2D eigenvalue weighted by Gasteiger charge is -2.41. The minimum atomic E-state index is -5.02. The van der Waals surface area contributed by atoms with E-state index >= 15 is 0 Å². The van der Waals surface area contributed by atoms with E-state index < -0.39 is 63.1 Å². The fourth-order valence-electron chi connectivity index (χ4n) is 8.06. The van der Waals surface area contributed by atoms with E-state index in [1.165, 1.54) is 154 Å². The van der Waals surface area contributed by atoms with Crippen molar-refractivity contribution in [2.45, 2.75) is 275 Å². The number of phosphoric acid groups is 1. The number of carbonyl (C=O) groups is 1. The lowest BCUT2D eigenvalue weighted by atomic mass is 9.85. The van der Waals surface area contributed by atoms with Crippen molar-refractivity contribution in [3.05, 3.63) is 12.2 Å². The molecular weight excluding hydrogens is 812 g/mol. The molecule has 1 aliphatic carbocycles. The van der Waals surface area contributed by atoms with Crippen LogP contribution < -0.4 is 0 Å². The van der Waals surface area contributed by atoms with E-state index in [-0.39, 0.29) is 13.0 Å². The van der Waals surface area contributed by atoms with E-state index in [0.29, 0.717) is 13.0 Å². The third-order valence-electron chi connectivity index (χ3n) is 12.1. The van der Waals surface area contributed by atoms with Gasteiger partial charge in [0.25, 0.3) is 0 Å². The standard InChI is InChI=1S/C49H95O12P/c1-3-5-7-9-11-13-15-17-19-20-21-22-23-24-26-28-30-32-34-36-38-43(50)60-42(41-59-62(56,57)61-49-47(54)45(52)44(51)46(53)48(49)55)40-58-39-37-35-33-31-29-27-25-18-16-14-12-10-8-6-4-2/h16,18,42,44-49,51-55H,3-15,17,19-41H2,1-2H3,(H,56,57)/b18-16-. The van der Waals surface area contributed by atoms with E-state index in [1.807, 2.05) is 0 Å². The molecular formula is C49H95O12P. The van der Waals surface area contributed by atoms with Crippen LogP contribution in [0.1, 0.15) is 232 Å². The number of phosphoric ester groups is 1. The second-order valence-electron chi connectivity index (χ2n) is 18.0. The zero-order chi connectivity index (χ0) is 45.5. The van der Waals surface area contributed by atoms with Crippen LogP contribution in [-0.2, 0) is 27.9 Å². The van der Waals surface area contributed by atoms with Crippen molar-refractivity contribution in [1.82, 2.24) is 0 Å². The van der Waals surface area contributed by atoms with Crippen LogP contribution in [0.15, 0.2) is 12.2 Å². The Bertz CT molecular complexity index is 1080. The molecule has 0 bridgehead atoms. The van der Waals surface area contributed by atoms with Crippen LogP contribution in [0, 0.1) is 0 Å². The molecule has 0 amide bonds. The van der Waals surface area contributed by atoms with Crippen molar-refractivity contribution < 1.29 is 58.3 Å². The van der Waals surface area contributed by atoms with Crippen LogP contribution in [0.4, 0.5) is 0 Å². The van der Waals surface area contributed by atoms with Crippen LogP contribution in [0.5, 0.6) is 0 Å². The summed E-state index contributed by atoms with van der Waals surface area (Å²) in [6, 6.07) is 0. The maximum atomic E-state index is 12.8. The van der Waals surface area contributed by atoms with Gasteiger partial charge >= 0.3 is 13.8 Å². The molecule has 12 nitrogen and oxygen atoms in total. The molecule has 6 unspecified atom stereocenters. The topological polar surface area (TPSA) is 192 Å². The van der Waals surface area contributed by atoms with Gasteiger partial charge in [0.15, 0.2) is 0 Å². The molecule has 13 heteroatoms. The van der Waals surface area contributed by atoms with E-state index in [2.05, 4.69) is 26.0 Å². The van der Waals surface area contributed by atoms with Gasteiger partial charge in [0.1, 0.15) is 42.7 Å². The van der Waals surface area contributed by atoms with Gasteiger partial charge in [-0.1, -0.05) is 199 Å². The molecule has 62 heavy (non-hydrogen) atoms. The summed E-state index contributed by atoms with van der Waals surface area (Å²) in [5.41, 5.74) is 0. The molecule has 0 aromatic carbocycles. The number of aliphatic hydroxyl groups excluding tert-OH is 5. The SMILES string of the molecule is CCCCCCC/C=C\CCCCCCCCOCC(COP(=O)(O)OC1C(O)C(O)C(O)C(O)C1O)OC(=O)CCCCCCCCCCCCCCCCCCCCCC. The monoisotopic (exact) mass is 907 g/mol. The van der Waals surface area contributed by atoms with Gasteiger partial charge in [0.2, 0.25) is 0 Å². The van der Waals surface area contributed by atoms with Gasteiger partial charge in [-0.05, 0) is 38.5 Å². The van der Waals surface area contributed by atoms with Crippen LogP contribution in [0.3, 0.4) is 0 Å². The van der Waals surface area contributed by atoms with E-state index in [0.717, 1.165) is 51.4 Å². The maximum Gasteiger partial charge on any atom is 0.472 e. The fourth-order valence-corrected chi connectivity index (χ4v) is 9.03. The number of unbranched alkanes of at least 4 members (excludes halogenated alkanes) is 30. The van der Waals surface area contributed by atoms with Crippen LogP contribution >= 0.6 is 7.82 Å². The number of aliphatic hydroxyl groups is 5.